The van der Waals surface area contributed by atoms with Crippen molar-refractivity contribution in [1.29, 1.82) is 0 Å². The molecule has 1 aromatic heterocycles. The molecule has 2 heteroatoms. The number of benzene rings is 1. The molecule has 0 unspecified atom stereocenters. The highest BCUT2D eigenvalue weighted by atomic mass is 15.1. The van der Waals surface area contributed by atoms with Gasteiger partial charge in [-0.15, -0.1) is 0 Å². The van der Waals surface area contributed by atoms with Gasteiger partial charge >= 0.3 is 0 Å². The number of para-hydroxylation sites is 1. The summed E-state index contributed by atoms with van der Waals surface area (Å²) in [6.07, 6.45) is 2.03. The molecular formula is C11H14N2. The smallest absolute Gasteiger partial charge is 0.0869 e. The second-order valence-electron chi connectivity index (χ2n) is 3.90. The van der Waals surface area contributed by atoms with E-state index in [0.717, 1.165) is 0 Å². The monoisotopic (exact) mass is 174 g/mol. The highest BCUT2D eigenvalue weighted by molar-refractivity contribution is 5.80. The molecule has 0 saturated heterocycles. The van der Waals surface area contributed by atoms with Gasteiger partial charge in [-0.25, -0.2) is 0 Å². The maximum Gasteiger partial charge on any atom is 0.0869 e. The van der Waals surface area contributed by atoms with Crippen LogP contribution in [-0.4, -0.2) is 4.57 Å². The third-order valence-electron chi connectivity index (χ3n) is 2.22. The van der Waals surface area contributed by atoms with Gasteiger partial charge in [0.05, 0.1) is 5.66 Å². The second-order valence-corrected chi connectivity index (χ2v) is 3.90. The standard InChI is InChI=1S/C11H14N2/c1-11(2,12)13-8-7-9-5-3-4-6-10(9)13/h3-8H,12H2,1-2H3. The van der Waals surface area contributed by atoms with Gasteiger partial charge in [0.15, 0.2) is 0 Å². The zero-order valence-electron chi connectivity index (χ0n) is 7.99. The van der Waals surface area contributed by atoms with Crippen molar-refractivity contribution >= 4 is 10.9 Å². The number of hydrogen-bond acceptors (Lipinski definition) is 1. The lowest BCUT2D eigenvalue weighted by molar-refractivity contribution is 0.384. The number of fused-ring (bicyclic) bond motifs is 1. The van der Waals surface area contributed by atoms with Crippen molar-refractivity contribution in [2.24, 2.45) is 5.73 Å². The Morgan fingerprint density at radius 2 is 1.85 bits per heavy atom. The summed E-state index contributed by atoms with van der Waals surface area (Å²) < 4.78 is 2.09. The van der Waals surface area contributed by atoms with E-state index in [4.69, 9.17) is 5.73 Å². The van der Waals surface area contributed by atoms with Crippen molar-refractivity contribution in [3.63, 3.8) is 0 Å². The van der Waals surface area contributed by atoms with E-state index in [9.17, 15) is 0 Å². The van der Waals surface area contributed by atoms with Crippen molar-refractivity contribution in [2.75, 3.05) is 0 Å². The largest absolute Gasteiger partial charge is 0.330 e. The molecule has 0 fully saturated rings. The summed E-state index contributed by atoms with van der Waals surface area (Å²) in [7, 11) is 0. The normalized spacial score (nSPS) is 12.2. The van der Waals surface area contributed by atoms with Gasteiger partial charge < -0.3 is 10.3 Å². The van der Waals surface area contributed by atoms with Crippen molar-refractivity contribution in [1.82, 2.24) is 4.57 Å². The predicted molar refractivity (Wildman–Crippen MR) is 55.4 cm³/mol. The minimum Gasteiger partial charge on any atom is -0.330 e. The van der Waals surface area contributed by atoms with Crippen LogP contribution < -0.4 is 5.73 Å². The van der Waals surface area contributed by atoms with Crippen LogP contribution in [0.15, 0.2) is 36.5 Å². The van der Waals surface area contributed by atoms with Gasteiger partial charge in [-0.3, -0.25) is 0 Å². The Hall–Kier alpha value is -1.28. The quantitative estimate of drug-likeness (QED) is 0.706. The van der Waals surface area contributed by atoms with E-state index in [-0.39, 0.29) is 5.66 Å². The van der Waals surface area contributed by atoms with E-state index in [1.807, 2.05) is 32.2 Å². The Bertz CT molecular complexity index is 421. The lowest BCUT2D eigenvalue weighted by Crippen LogP contribution is -2.35. The third kappa shape index (κ3) is 1.33. The summed E-state index contributed by atoms with van der Waals surface area (Å²) in [5.74, 6) is 0. The molecule has 0 spiro atoms. The Balaban J connectivity index is 2.72. The number of nitrogens with zero attached hydrogens (tertiary/aromatic N) is 1. The second kappa shape index (κ2) is 2.60. The van der Waals surface area contributed by atoms with Crippen molar-refractivity contribution < 1.29 is 0 Å². The molecule has 0 amide bonds. The van der Waals surface area contributed by atoms with Crippen LogP contribution in [0, 0.1) is 0 Å². The molecule has 2 aromatic rings. The summed E-state index contributed by atoms with van der Waals surface area (Å²) >= 11 is 0. The van der Waals surface area contributed by atoms with Gasteiger partial charge in [0.1, 0.15) is 0 Å². The summed E-state index contributed by atoms with van der Waals surface area (Å²) in [4.78, 5) is 0. The van der Waals surface area contributed by atoms with Crippen LogP contribution in [0.4, 0.5) is 0 Å². The summed E-state index contributed by atoms with van der Waals surface area (Å²) in [6, 6.07) is 10.3. The first-order valence-corrected chi connectivity index (χ1v) is 4.44. The first kappa shape index (κ1) is 8.32. The summed E-state index contributed by atoms with van der Waals surface area (Å²) in [6.45, 7) is 4.00. The molecule has 13 heavy (non-hydrogen) atoms. The highest BCUT2D eigenvalue weighted by Crippen LogP contribution is 2.20. The van der Waals surface area contributed by atoms with E-state index in [1.54, 1.807) is 0 Å². The van der Waals surface area contributed by atoms with Crippen LogP contribution in [0.1, 0.15) is 13.8 Å². The molecule has 1 aromatic carbocycles. The Morgan fingerprint density at radius 1 is 1.15 bits per heavy atom. The molecule has 2 nitrogen and oxygen atoms in total. The first-order chi connectivity index (χ1) is 6.09. The molecule has 0 saturated carbocycles. The number of nitrogens with two attached hydrogens (primary N) is 1. The average Bonchev–Trinajstić information content (AvgIpc) is 2.45. The van der Waals surface area contributed by atoms with Gasteiger partial charge in [0.25, 0.3) is 0 Å². The van der Waals surface area contributed by atoms with E-state index in [0.29, 0.717) is 0 Å². The zero-order valence-corrected chi connectivity index (χ0v) is 7.99. The maximum absolute atomic E-state index is 6.03. The average molecular weight is 174 g/mol. The fraction of sp³-hybridized carbons (Fsp3) is 0.273. The van der Waals surface area contributed by atoms with Crippen LogP contribution in [0.5, 0.6) is 0 Å². The van der Waals surface area contributed by atoms with Gasteiger partial charge in [0, 0.05) is 11.7 Å². The van der Waals surface area contributed by atoms with E-state index in [1.165, 1.54) is 10.9 Å². The van der Waals surface area contributed by atoms with Gasteiger partial charge in [0.2, 0.25) is 0 Å². The van der Waals surface area contributed by atoms with E-state index in [2.05, 4.69) is 22.8 Å². The lowest BCUT2D eigenvalue weighted by atomic mass is 10.2. The van der Waals surface area contributed by atoms with Crippen LogP contribution in [-0.2, 0) is 5.66 Å². The lowest BCUT2D eigenvalue weighted by Gasteiger charge is -2.22. The van der Waals surface area contributed by atoms with Crippen molar-refractivity contribution in [3.8, 4) is 0 Å². The summed E-state index contributed by atoms with van der Waals surface area (Å²) in [5.41, 5.74) is 6.89. The number of aromatic nitrogens is 1. The fourth-order valence-electron chi connectivity index (χ4n) is 1.59. The topological polar surface area (TPSA) is 30.9 Å². The van der Waals surface area contributed by atoms with Crippen LogP contribution in [0.3, 0.4) is 0 Å². The van der Waals surface area contributed by atoms with E-state index >= 15 is 0 Å². The molecular weight excluding hydrogens is 160 g/mol. The molecule has 0 aliphatic rings. The van der Waals surface area contributed by atoms with Gasteiger partial charge in [-0.1, -0.05) is 18.2 Å². The molecule has 0 aliphatic heterocycles. The van der Waals surface area contributed by atoms with Crippen LogP contribution in [0.2, 0.25) is 0 Å². The molecule has 0 aliphatic carbocycles. The molecule has 0 bridgehead atoms. The Morgan fingerprint density at radius 3 is 2.54 bits per heavy atom. The summed E-state index contributed by atoms with van der Waals surface area (Å²) in [5, 5.41) is 1.24. The zero-order chi connectivity index (χ0) is 9.47. The Kier molecular flexibility index (Phi) is 1.67. The Labute approximate surface area is 78.0 Å². The SMILES string of the molecule is CC(C)(N)n1ccc2ccccc21. The molecule has 1 heterocycles. The minimum absolute atomic E-state index is 0.330. The maximum atomic E-state index is 6.03. The van der Waals surface area contributed by atoms with Crippen LogP contribution in [0.25, 0.3) is 10.9 Å². The molecule has 2 rings (SSSR count). The van der Waals surface area contributed by atoms with Crippen molar-refractivity contribution in [2.45, 2.75) is 19.5 Å². The predicted octanol–water partition coefficient (Wildman–Crippen LogP) is 2.29. The number of rotatable bonds is 1. The number of hydrogen-bond donors (Lipinski definition) is 1. The third-order valence-corrected chi connectivity index (χ3v) is 2.22. The molecule has 68 valence electrons. The molecule has 0 atom stereocenters. The van der Waals surface area contributed by atoms with Crippen LogP contribution >= 0.6 is 0 Å². The van der Waals surface area contributed by atoms with Gasteiger partial charge in [-0.05, 0) is 31.4 Å². The van der Waals surface area contributed by atoms with Gasteiger partial charge in [-0.2, -0.15) is 0 Å². The molecule has 2 N–H and O–H groups in total. The highest BCUT2D eigenvalue weighted by Gasteiger charge is 2.14. The molecule has 0 radical (unpaired) electrons. The minimum atomic E-state index is -0.330. The van der Waals surface area contributed by atoms with Crippen molar-refractivity contribution in [3.05, 3.63) is 36.5 Å². The fourth-order valence-corrected chi connectivity index (χ4v) is 1.59. The van der Waals surface area contributed by atoms with E-state index < -0.39 is 0 Å². The first-order valence-electron chi connectivity index (χ1n) is 4.44.